The first-order valence-corrected chi connectivity index (χ1v) is 12.6. The molecule has 1 fully saturated rings. The number of nitrogens with one attached hydrogen (secondary N) is 1. The molecular weight excluding hydrogens is 420 g/mol. The number of morpholine rings is 1. The molecule has 33 heavy (non-hydrogen) atoms. The van der Waals surface area contributed by atoms with E-state index >= 15 is 0 Å². The van der Waals surface area contributed by atoms with Crippen molar-refractivity contribution in [1.82, 2.24) is 20.0 Å². The van der Waals surface area contributed by atoms with Gasteiger partial charge >= 0.3 is 0 Å². The van der Waals surface area contributed by atoms with Crippen molar-refractivity contribution in [2.45, 2.75) is 79.3 Å². The Kier molecular flexibility index (Phi) is 10.8. The number of ether oxygens (including phenoxy) is 1. The van der Waals surface area contributed by atoms with E-state index in [2.05, 4.69) is 17.1 Å². The number of rotatable bonds is 11. The van der Waals surface area contributed by atoms with Gasteiger partial charge < -0.3 is 19.9 Å². The Balaban J connectivity index is 2.10. The Bertz CT molecular complexity index is 705. The smallest absolute Gasteiger partial charge is 0.252 e. The first kappa shape index (κ1) is 27.3. The molecule has 1 unspecified atom stereocenters. The van der Waals surface area contributed by atoms with E-state index in [1.54, 1.807) is 4.90 Å². The Morgan fingerprint density at radius 2 is 1.76 bits per heavy atom. The quantitative estimate of drug-likeness (QED) is 0.508. The predicted molar refractivity (Wildman–Crippen MR) is 129 cm³/mol. The van der Waals surface area contributed by atoms with E-state index < -0.39 is 5.92 Å². The summed E-state index contributed by atoms with van der Waals surface area (Å²) in [4.78, 5) is 45.3. The van der Waals surface area contributed by atoms with Crippen molar-refractivity contribution in [2.75, 3.05) is 45.9 Å². The van der Waals surface area contributed by atoms with Gasteiger partial charge in [-0.05, 0) is 47.5 Å². The van der Waals surface area contributed by atoms with Crippen LogP contribution in [0.15, 0.2) is 11.3 Å². The summed E-state index contributed by atoms with van der Waals surface area (Å²) in [7, 11) is 0. The molecule has 2 aliphatic rings. The van der Waals surface area contributed by atoms with Gasteiger partial charge in [0.1, 0.15) is 0 Å². The highest BCUT2D eigenvalue weighted by Gasteiger charge is 2.38. The van der Waals surface area contributed by atoms with Gasteiger partial charge in [-0.2, -0.15) is 0 Å². The van der Waals surface area contributed by atoms with Crippen LogP contribution in [0.4, 0.5) is 0 Å². The number of hydrogen-bond acceptors (Lipinski definition) is 5. The lowest BCUT2D eigenvalue weighted by Gasteiger charge is -2.38. The zero-order valence-corrected chi connectivity index (χ0v) is 21.5. The fraction of sp³-hybridized carbons (Fsp3) is 0.800. The van der Waals surface area contributed by atoms with Crippen LogP contribution in [0.25, 0.3) is 0 Å². The Labute approximate surface area is 199 Å². The normalized spacial score (nSPS) is 20.1. The molecule has 2 aliphatic heterocycles. The minimum absolute atomic E-state index is 0.0239. The Morgan fingerprint density at radius 3 is 2.33 bits per heavy atom. The first-order chi connectivity index (χ1) is 15.7. The van der Waals surface area contributed by atoms with E-state index in [9.17, 15) is 14.4 Å². The van der Waals surface area contributed by atoms with E-state index in [1.165, 1.54) is 0 Å². The third-order valence-electron chi connectivity index (χ3n) is 6.53. The monoisotopic (exact) mass is 464 g/mol. The highest BCUT2D eigenvalue weighted by Crippen LogP contribution is 2.32. The zero-order valence-electron chi connectivity index (χ0n) is 21.5. The third-order valence-corrected chi connectivity index (χ3v) is 6.53. The summed E-state index contributed by atoms with van der Waals surface area (Å²) in [6.45, 7) is 17.1. The molecule has 8 nitrogen and oxygen atoms in total. The van der Waals surface area contributed by atoms with Crippen molar-refractivity contribution in [1.29, 1.82) is 0 Å². The van der Waals surface area contributed by atoms with Crippen LogP contribution in [0, 0.1) is 5.92 Å². The van der Waals surface area contributed by atoms with E-state index in [-0.39, 0.29) is 36.2 Å². The summed E-state index contributed by atoms with van der Waals surface area (Å²) in [5.74, 6) is -0.701. The third kappa shape index (κ3) is 7.54. The standard InChI is InChI=1S/C25H44N4O4/c1-7-8-10-28-20(6)22(25(32)29(18(2)3)19(4)5)16-21(24(28)31)17-23(30)26-9-11-27-12-14-33-15-13-27/h18-19,21H,7-17H2,1-6H3,(H,26,30). The lowest BCUT2D eigenvalue weighted by molar-refractivity contribution is -0.139. The number of amides is 3. The molecule has 8 heteroatoms. The Morgan fingerprint density at radius 1 is 1.12 bits per heavy atom. The van der Waals surface area contributed by atoms with Gasteiger partial charge in [-0.3, -0.25) is 19.3 Å². The number of unbranched alkanes of at least 4 members (excludes halogenated alkanes) is 1. The second kappa shape index (κ2) is 13.1. The molecule has 0 radical (unpaired) electrons. The Hall–Kier alpha value is -1.93. The summed E-state index contributed by atoms with van der Waals surface area (Å²) in [5.41, 5.74) is 1.41. The molecule has 1 atom stereocenters. The molecular formula is C25H44N4O4. The van der Waals surface area contributed by atoms with Crippen molar-refractivity contribution >= 4 is 17.7 Å². The summed E-state index contributed by atoms with van der Waals surface area (Å²) in [5, 5.41) is 2.97. The molecule has 2 rings (SSSR count). The first-order valence-electron chi connectivity index (χ1n) is 12.6. The van der Waals surface area contributed by atoms with Crippen LogP contribution in [0.3, 0.4) is 0 Å². The van der Waals surface area contributed by atoms with Gasteiger partial charge in [-0.1, -0.05) is 13.3 Å². The van der Waals surface area contributed by atoms with Gasteiger partial charge in [0.05, 0.1) is 19.1 Å². The van der Waals surface area contributed by atoms with Crippen molar-refractivity contribution < 1.29 is 19.1 Å². The van der Waals surface area contributed by atoms with Crippen LogP contribution in [0.2, 0.25) is 0 Å². The summed E-state index contributed by atoms with van der Waals surface area (Å²) in [6.07, 6.45) is 2.25. The molecule has 0 aromatic rings. The molecule has 0 spiro atoms. The molecule has 188 valence electrons. The largest absolute Gasteiger partial charge is 0.379 e. The van der Waals surface area contributed by atoms with Gasteiger partial charge in [0.15, 0.2) is 0 Å². The molecule has 2 heterocycles. The van der Waals surface area contributed by atoms with Crippen LogP contribution in [-0.4, -0.2) is 90.4 Å². The lowest BCUT2D eigenvalue weighted by Crippen LogP contribution is -2.48. The van der Waals surface area contributed by atoms with Crippen LogP contribution in [0.1, 0.15) is 67.2 Å². The van der Waals surface area contributed by atoms with Crippen LogP contribution in [0.5, 0.6) is 0 Å². The maximum absolute atomic E-state index is 13.5. The van der Waals surface area contributed by atoms with Gasteiger partial charge in [-0.15, -0.1) is 0 Å². The van der Waals surface area contributed by atoms with Crippen molar-refractivity contribution in [3.05, 3.63) is 11.3 Å². The molecule has 0 bridgehead atoms. The number of carbonyl (C=O) groups excluding carboxylic acids is 3. The van der Waals surface area contributed by atoms with E-state index in [4.69, 9.17) is 4.74 Å². The van der Waals surface area contributed by atoms with E-state index in [0.717, 1.165) is 51.4 Å². The average Bonchev–Trinajstić information content (AvgIpc) is 2.75. The number of carbonyl (C=O) groups is 3. The lowest BCUT2D eigenvalue weighted by atomic mass is 9.88. The fourth-order valence-electron chi connectivity index (χ4n) is 4.72. The van der Waals surface area contributed by atoms with Gasteiger partial charge in [-0.25, -0.2) is 0 Å². The molecule has 1 saturated heterocycles. The molecule has 0 aliphatic carbocycles. The van der Waals surface area contributed by atoms with Crippen molar-refractivity contribution in [3.63, 3.8) is 0 Å². The summed E-state index contributed by atoms with van der Waals surface area (Å²) in [6, 6.07) is 0.114. The molecule has 0 aromatic carbocycles. The number of allylic oxidation sites excluding steroid dienone is 1. The SMILES string of the molecule is CCCCN1C(=O)C(CC(=O)NCCN2CCOCC2)CC(C(=O)N(C(C)C)C(C)C)=C1C. The van der Waals surface area contributed by atoms with Crippen molar-refractivity contribution in [2.24, 2.45) is 5.92 Å². The minimum Gasteiger partial charge on any atom is -0.379 e. The summed E-state index contributed by atoms with van der Waals surface area (Å²) < 4.78 is 5.36. The maximum Gasteiger partial charge on any atom is 0.252 e. The average molecular weight is 465 g/mol. The number of hydrogen-bond donors (Lipinski definition) is 1. The topological polar surface area (TPSA) is 82.2 Å². The molecule has 0 saturated carbocycles. The molecule has 0 aromatic heterocycles. The number of nitrogens with zero attached hydrogens (tertiary/aromatic N) is 3. The highest BCUT2D eigenvalue weighted by atomic mass is 16.5. The second-order valence-electron chi connectivity index (χ2n) is 9.72. The second-order valence-corrected chi connectivity index (χ2v) is 9.72. The fourth-order valence-corrected chi connectivity index (χ4v) is 4.72. The van der Waals surface area contributed by atoms with Crippen LogP contribution in [-0.2, 0) is 19.1 Å². The van der Waals surface area contributed by atoms with Crippen LogP contribution >= 0.6 is 0 Å². The minimum atomic E-state index is -0.505. The van der Waals surface area contributed by atoms with Gasteiger partial charge in [0.25, 0.3) is 5.91 Å². The van der Waals surface area contributed by atoms with Gasteiger partial charge in [0.2, 0.25) is 11.8 Å². The molecule has 3 amide bonds. The predicted octanol–water partition coefficient (Wildman–Crippen LogP) is 2.39. The maximum atomic E-state index is 13.5. The van der Waals surface area contributed by atoms with E-state index in [0.29, 0.717) is 25.1 Å². The van der Waals surface area contributed by atoms with Crippen molar-refractivity contribution in [3.8, 4) is 0 Å². The van der Waals surface area contributed by atoms with Gasteiger partial charge in [0, 0.05) is 62.5 Å². The highest BCUT2D eigenvalue weighted by molar-refractivity contribution is 5.98. The van der Waals surface area contributed by atoms with E-state index in [1.807, 2.05) is 39.5 Å². The van der Waals surface area contributed by atoms with Crippen LogP contribution < -0.4 is 5.32 Å². The summed E-state index contributed by atoms with van der Waals surface area (Å²) >= 11 is 0. The molecule has 1 N–H and O–H groups in total. The zero-order chi connectivity index (χ0) is 24.5.